The molecule has 0 atom stereocenters. The molecule has 2 aromatic heterocycles. The van der Waals surface area contributed by atoms with Gasteiger partial charge < -0.3 is 9.88 Å². The number of hydrogen-bond acceptors (Lipinski definition) is 2. The molecule has 3 aromatic rings. The summed E-state index contributed by atoms with van der Waals surface area (Å²) in [6, 6.07) is 12.7. The maximum absolute atomic E-state index is 4.69. The topological polar surface area (TPSA) is 34.8 Å². The van der Waals surface area contributed by atoms with E-state index >= 15 is 0 Å². The van der Waals surface area contributed by atoms with Crippen molar-refractivity contribution in [3.05, 3.63) is 60.2 Å². The smallest absolute Gasteiger partial charge is 0.146 e. The molecule has 0 fully saturated rings. The van der Waals surface area contributed by atoms with Gasteiger partial charge in [0.05, 0.1) is 0 Å². The number of benzene rings is 1. The summed E-state index contributed by atoms with van der Waals surface area (Å²) >= 11 is 0. The van der Waals surface area contributed by atoms with E-state index in [0.717, 1.165) is 31.0 Å². The van der Waals surface area contributed by atoms with E-state index < -0.39 is 0 Å². The maximum Gasteiger partial charge on any atom is 0.146 e. The summed E-state index contributed by atoms with van der Waals surface area (Å²) in [4.78, 5) is 4.69. The third kappa shape index (κ3) is 3.61. The van der Waals surface area contributed by atoms with Gasteiger partial charge in [0, 0.05) is 47.0 Å². The first-order valence-corrected chi connectivity index (χ1v) is 9.38. The fourth-order valence-electron chi connectivity index (χ4n) is 3.49. The Balaban J connectivity index is 2.08. The van der Waals surface area contributed by atoms with Gasteiger partial charge >= 0.3 is 0 Å². The molecule has 0 bridgehead atoms. The monoisotopic (exact) mass is 350 g/mol. The Hall–Kier alpha value is -2.33. The van der Waals surface area contributed by atoms with Gasteiger partial charge in [-0.2, -0.15) is 0 Å². The van der Waals surface area contributed by atoms with Crippen LogP contribution in [0.1, 0.15) is 38.6 Å². The Labute approximate surface area is 156 Å². The molecule has 0 saturated heterocycles. The van der Waals surface area contributed by atoms with Gasteiger partial charge in [-0.3, -0.25) is 4.57 Å². The summed E-state index contributed by atoms with van der Waals surface area (Å²) in [5, 5.41) is 3.25. The van der Waals surface area contributed by atoms with Crippen LogP contribution in [0.5, 0.6) is 0 Å². The lowest BCUT2D eigenvalue weighted by molar-refractivity contribution is 0.498. The zero-order valence-electron chi connectivity index (χ0n) is 16.6. The lowest BCUT2D eigenvalue weighted by Gasteiger charge is -2.22. The highest BCUT2D eigenvalue weighted by Crippen LogP contribution is 2.33. The number of aromatic nitrogens is 3. The van der Waals surface area contributed by atoms with Gasteiger partial charge in [0.25, 0.3) is 0 Å². The van der Waals surface area contributed by atoms with E-state index in [4.69, 9.17) is 4.98 Å². The molecule has 1 aromatic carbocycles. The quantitative estimate of drug-likeness (QED) is 0.662. The second kappa shape index (κ2) is 7.50. The van der Waals surface area contributed by atoms with Crippen LogP contribution in [0.25, 0.3) is 17.1 Å². The SMILES string of the molecule is CNCCCn1c(C(C)(C)C)cc(-c2nccn2-c2ccccc2)c1C. The lowest BCUT2D eigenvalue weighted by atomic mass is 9.91. The van der Waals surface area contributed by atoms with Crippen LogP contribution in [0, 0.1) is 6.92 Å². The van der Waals surface area contributed by atoms with E-state index in [1.165, 1.54) is 17.0 Å². The molecule has 4 heteroatoms. The molecule has 26 heavy (non-hydrogen) atoms. The van der Waals surface area contributed by atoms with E-state index in [1.807, 2.05) is 25.5 Å². The Kier molecular flexibility index (Phi) is 5.33. The number of para-hydroxylation sites is 1. The van der Waals surface area contributed by atoms with E-state index in [2.05, 4.69) is 72.5 Å². The molecule has 4 nitrogen and oxygen atoms in total. The molecule has 138 valence electrons. The van der Waals surface area contributed by atoms with Crippen LogP contribution in [0.3, 0.4) is 0 Å². The number of rotatable bonds is 6. The predicted octanol–water partition coefficient (Wildman–Crippen LogP) is 4.56. The van der Waals surface area contributed by atoms with E-state index in [9.17, 15) is 0 Å². The van der Waals surface area contributed by atoms with Crippen LogP contribution >= 0.6 is 0 Å². The predicted molar refractivity (Wildman–Crippen MR) is 109 cm³/mol. The molecule has 0 aliphatic heterocycles. The number of nitrogens with one attached hydrogen (secondary N) is 1. The van der Waals surface area contributed by atoms with E-state index in [0.29, 0.717) is 0 Å². The Morgan fingerprint density at radius 3 is 2.50 bits per heavy atom. The summed E-state index contributed by atoms with van der Waals surface area (Å²) in [6.45, 7) is 11.1. The van der Waals surface area contributed by atoms with Crippen molar-refractivity contribution in [2.24, 2.45) is 0 Å². The summed E-state index contributed by atoms with van der Waals surface area (Å²) in [5.41, 5.74) is 5.10. The van der Waals surface area contributed by atoms with Crippen molar-refractivity contribution in [3.8, 4) is 17.1 Å². The molecule has 0 aliphatic rings. The first-order valence-electron chi connectivity index (χ1n) is 9.38. The molecular formula is C22H30N4. The molecule has 2 heterocycles. The van der Waals surface area contributed by atoms with Gasteiger partial charge in [0.15, 0.2) is 0 Å². The van der Waals surface area contributed by atoms with Crippen molar-refractivity contribution in [2.45, 2.75) is 46.1 Å². The normalized spacial score (nSPS) is 11.9. The molecule has 0 spiro atoms. The maximum atomic E-state index is 4.69. The van der Waals surface area contributed by atoms with Gasteiger partial charge in [0.1, 0.15) is 5.82 Å². The van der Waals surface area contributed by atoms with Gasteiger partial charge in [0.2, 0.25) is 0 Å². The Bertz CT molecular complexity index is 850. The Morgan fingerprint density at radius 1 is 1.12 bits per heavy atom. The largest absolute Gasteiger partial charge is 0.348 e. The van der Waals surface area contributed by atoms with E-state index in [-0.39, 0.29) is 5.41 Å². The number of nitrogens with zero attached hydrogens (tertiary/aromatic N) is 3. The summed E-state index contributed by atoms with van der Waals surface area (Å²) in [5.74, 6) is 1.01. The molecule has 0 saturated carbocycles. The van der Waals surface area contributed by atoms with Gasteiger partial charge in [-0.1, -0.05) is 39.0 Å². The molecule has 3 rings (SSSR count). The van der Waals surface area contributed by atoms with Crippen molar-refractivity contribution >= 4 is 0 Å². The van der Waals surface area contributed by atoms with Crippen molar-refractivity contribution in [1.82, 2.24) is 19.4 Å². The average molecular weight is 351 g/mol. The summed E-state index contributed by atoms with van der Waals surface area (Å²) < 4.78 is 4.64. The minimum absolute atomic E-state index is 0.0901. The van der Waals surface area contributed by atoms with Crippen molar-refractivity contribution in [2.75, 3.05) is 13.6 Å². The van der Waals surface area contributed by atoms with Crippen LogP contribution in [0.15, 0.2) is 48.8 Å². The van der Waals surface area contributed by atoms with E-state index in [1.54, 1.807) is 0 Å². The fourth-order valence-corrected chi connectivity index (χ4v) is 3.49. The minimum Gasteiger partial charge on any atom is -0.348 e. The van der Waals surface area contributed by atoms with Crippen molar-refractivity contribution < 1.29 is 0 Å². The third-order valence-corrected chi connectivity index (χ3v) is 4.86. The average Bonchev–Trinajstić information content (AvgIpc) is 3.21. The van der Waals surface area contributed by atoms with Crippen molar-refractivity contribution in [1.29, 1.82) is 0 Å². The third-order valence-electron chi connectivity index (χ3n) is 4.86. The van der Waals surface area contributed by atoms with Crippen LogP contribution < -0.4 is 5.32 Å². The first-order chi connectivity index (χ1) is 12.4. The zero-order valence-corrected chi connectivity index (χ0v) is 16.6. The molecule has 0 amide bonds. The molecule has 0 unspecified atom stereocenters. The molecule has 1 N–H and O–H groups in total. The van der Waals surface area contributed by atoms with Gasteiger partial charge in [-0.25, -0.2) is 4.98 Å². The first kappa shape index (κ1) is 18.5. The van der Waals surface area contributed by atoms with Crippen LogP contribution in [0.2, 0.25) is 0 Å². The zero-order chi connectivity index (χ0) is 18.7. The second-order valence-corrected chi connectivity index (χ2v) is 7.84. The highest BCUT2D eigenvalue weighted by molar-refractivity contribution is 5.64. The molecule has 0 aliphatic carbocycles. The van der Waals surface area contributed by atoms with Gasteiger partial charge in [-0.05, 0) is 45.1 Å². The Morgan fingerprint density at radius 2 is 1.85 bits per heavy atom. The minimum atomic E-state index is 0.0901. The van der Waals surface area contributed by atoms with Crippen LogP contribution in [0.4, 0.5) is 0 Å². The lowest BCUT2D eigenvalue weighted by Crippen LogP contribution is -2.20. The van der Waals surface area contributed by atoms with Crippen LogP contribution in [-0.2, 0) is 12.0 Å². The fraction of sp³-hybridized carbons (Fsp3) is 0.409. The second-order valence-electron chi connectivity index (χ2n) is 7.84. The summed E-state index contributed by atoms with van der Waals surface area (Å²) in [6.07, 6.45) is 5.04. The number of imidazole rings is 1. The molecule has 0 radical (unpaired) electrons. The standard InChI is InChI=1S/C22H30N4/c1-17-19(16-20(22(2,3)4)25(17)14-9-12-23-5)21-24-13-15-26(21)18-10-7-6-8-11-18/h6-8,10-11,13,15-16,23H,9,12,14H2,1-5H3. The van der Waals surface area contributed by atoms with Crippen LogP contribution in [-0.4, -0.2) is 27.7 Å². The number of hydrogen-bond donors (Lipinski definition) is 1. The summed E-state index contributed by atoms with van der Waals surface area (Å²) in [7, 11) is 2.01. The van der Waals surface area contributed by atoms with Crippen molar-refractivity contribution in [3.63, 3.8) is 0 Å². The highest BCUT2D eigenvalue weighted by Gasteiger charge is 2.24. The van der Waals surface area contributed by atoms with Gasteiger partial charge in [-0.15, -0.1) is 0 Å². The highest BCUT2D eigenvalue weighted by atomic mass is 15.1. The molecular weight excluding hydrogens is 320 g/mol.